The van der Waals surface area contributed by atoms with Crippen molar-refractivity contribution in [3.63, 3.8) is 0 Å². The van der Waals surface area contributed by atoms with E-state index in [9.17, 15) is 14.9 Å². The molecule has 0 N–H and O–H groups in total. The molecule has 0 spiro atoms. The van der Waals surface area contributed by atoms with Crippen molar-refractivity contribution >= 4 is 28.1 Å². The lowest BCUT2D eigenvalue weighted by atomic mass is 9.98. The standard InChI is InChI=1S/C25H18N2O4/c28-25-24(21-9-5-7-18-6-1-2-8-20(18)21)31-23-11-4-3-10-22(23)26(25)16-17-12-14-19(15-13-17)27(29)30/h1-15,24H,16H2. The zero-order valence-corrected chi connectivity index (χ0v) is 16.5. The second-order valence-electron chi connectivity index (χ2n) is 7.38. The lowest BCUT2D eigenvalue weighted by Crippen LogP contribution is -2.40. The highest BCUT2D eigenvalue weighted by Gasteiger charge is 2.36. The number of anilines is 1. The topological polar surface area (TPSA) is 72.7 Å². The third kappa shape index (κ3) is 3.38. The average Bonchev–Trinajstić information content (AvgIpc) is 2.81. The Morgan fingerprint density at radius 3 is 2.39 bits per heavy atom. The Morgan fingerprint density at radius 2 is 1.58 bits per heavy atom. The molecule has 0 fully saturated rings. The molecule has 0 saturated carbocycles. The monoisotopic (exact) mass is 410 g/mol. The van der Waals surface area contributed by atoms with Crippen molar-refractivity contribution in [2.45, 2.75) is 12.6 Å². The van der Waals surface area contributed by atoms with E-state index >= 15 is 0 Å². The van der Waals surface area contributed by atoms with Crippen LogP contribution in [0.4, 0.5) is 11.4 Å². The van der Waals surface area contributed by atoms with Crippen molar-refractivity contribution in [2.24, 2.45) is 0 Å². The number of para-hydroxylation sites is 2. The molecule has 6 heteroatoms. The van der Waals surface area contributed by atoms with Crippen LogP contribution in [0.15, 0.2) is 91.0 Å². The van der Waals surface area contributed by atoms with Crippen molar-refractivity contribution in [3.05, 3.63) is 112 Å². The van der Waals surface area contributed by atoms with Crippen LogP contribution < -0.4 is 9.64 Å². The summed E-state index contributed by atoms with van der Waals surface area (Å²) in [5.74, 6) is 0.454. The Morgan fingerprint density at radius 1 is 0.871 bits per heavy atom. The summed E-state index contributed by atoms with van der Waals surface area (Å²) in [6.07, 6.45) is -0.779. The summed E-state index contributed by atoms with van der Waals surface area (Å²) >= 11 is 0. The van der Waals surface area contributed by atoms with Crippen molar-refractivity contribution in [1.82, 2.24) is 0 Å². The molecular weight excluding hydrogens is 392 g/mol. The van der Waals surface area contributed by atoms with E-state index in [0.717, 1.165) is 21.9 Å². The van der Waals surface area contributed by atoms with Crippen LogP contribution in [0.2, 0.25) is 0 Å². The van der Waals surface area contributed by atoms with Crippen molar-refractivity contribution in [2.75, 3.05) is 4.90 Å². The summed E-state index contributed by atoms with van der Waals surface area (Å²) in [7, 11) is 0. The number of nitro groups is 1. The smallest absolute Gasteiger partial charge is 0.273 e. The van der Waals surface area contributed by atoms with Crippen LogP contribution >= 0.6 is 0 Å². The van der Waals surface area contributed by atoms with E-state index in [1.807, 2.05) is 66.7 Å². The van der Waals surface area contributed by atoms with Gasteiger partial charge in [0.15, 0.2) is 0 Å². The number of fused-ring (bicyclic) bond motifs is 2. The summed E-state index contributed by atoms with van der Waals surface area (Å²) in [5.41, 5.74) is 2.31. The SMILES string of the molecule is O=C1C(c2cccc3ccccc23)Oc2ccccc2N1Cc1ccc([N+](=O)[O-])cc1. The minimum Gasteiger partial charge on any atom is -0.474 e. The van der Waals surface area contributed by atoms with Gasteiger partial charge in [0.25, 0.3) is 11.6 Å². The van der Waals surface area contributed by atoms with Gasteiger partial charge < -0.3 is 9.64 Å². The third-order valence-corrected chi connectivity index (χ3v) is 5.48. The summed E-state index contributed by atoms with van der Waals surface area (Å²) in [6.45, 7) is 0.290. The number of hydrogen-bond acceptors (Lipinski definition) is 4. The Bertz CT molecular complexity index is 1300. The summed E-state index contributed by atoms with van der Waals surface area (Å²) in [6, 6.07) is 27.4. The quantitative estimate of drug-likeness (QED) is 0.333. The number of carbonyl (C=O) groups is 1. The van der Waals surface area contributed by atoms with E-state index in [1.165, 1.54) is 12.1 Å². The van der Waals surface area contributed by atoms with E-state index in [0.29, 0.717) is 18.0 Å². The van der Waals surface area contributed by atoms with Gasteiger partial charge in [-0.1, -0.05) is 66.7 Å². The molecule has 0 aliphatic carbocycles. The Kier molecular flexibility index (Phi) is 4.59. The molecule has 1 aliphatic rings. The van der Waals surface area contributed by atoms with Gasteiger partial charge in [-0.05, 0) is 28.5 Å². The van der Waals surface area contributed by atoms with Crippen LogP contribution in [0.1, 0.15) is 17.2 Å². The number of carbonyl (C=O) groups excluding carboxylic acids is 1. The van der Waals surface area contributed by atoms with E-state index in [2.05, 4.69) is 0 Å². The van der Waals surface area contributed by atoms with E-state index in [-0.39, 0.29) is 11.6 Å². The molecule has 4 aromatic rings. The molecule has 0 saturated heterocycles. The molecular formula is C25H18N2O4. The van der Waals surface area contributed by atoms with Gasteiger partial charge in [0.1, 0.15) is 5.75 Å². The van der Waals surface area contributed by atoms with E-state index in [4.69, 9.17) is 4.74 Å². The molecule has 5 rings (SSSR count). The number of ether oxygens (including phenoxy) is 1. The number of nitrogens with zero attached hydrogens (tertiary/aromatic N) is 2. The van der Waals surface area contributed by atoms with Crippen LogP contribution in [-0.4, -0.2) is 10.8 Å². The minimum absolute atomic E-state index is 0.0195. The highest BCUT2D eigenvalue weighted by molar-refractivity contribution is 6.03. The fraction of sp³-hybridized carbons (Fsp3) is 0.0800. The van der Waals surface area contributed by atoms with E-state index < -0.39 is 11.0 Å². The highest BCUT2D eigenvalue weighted by atomic mass is 16.6. The molecule has 4 aromatic carbocycles. The van der Waals surface area contributed by atoms with Crippen molar-refractivity contribution in [1.29, 1.82) is 0 Å². The first-order valence-corrected chi connectivity index (χ1v) is 9.90. The van der Waals surface area contributed by atoms with E-state index in [1.54, 1.807) is 17.0 Å². The molecule has 6 nitrogen and oxygen atoms in total. The largest absolute Gasteiger partial charge is 0.474 e. The number of non-ortho nitro benzene ring substituents is 1. The van der Waals surface area contributed by atoms with Gasteiger partial charge in [0.2, 0.25) is 6.10 Å². The maximum absolute atomic E-state index is 13.6. The van der Waals surface area contributed by atoms with Gasteiger partial charge in [-0.2, -0.15) is 0 Å². The number of rotatable bonds is 4. The number of nitro benzene ring substituents is 1. The number of amides is 1. The van der Waals surface area contributed by atoms with Gasteiger partial charge in [-0.3, -0.25) is 14.9 Å². The predicted molar refractivity (Wildman–Crippen MR) is 118 cm³/mol. The molecule has 31 heavy (non-hydrogen) atoms. The molecule has 0 bridgehead atoms. The van der Waals surface area contributed by atoms with Gasteiger partial charge in [-0.15, -0.1) is 0 Å². The van der Waals surface area contributed by atoms with Crippen LogP contribution in [-0.2, 0) is 11.3 Å². The van der Waals surface area contributed by atoms with Gasteiger partial charge in [0, 0.05) is 17.7 Å². The second-order valence-corrected chi connectivity index (χ2v) is 7.38. The Labute approximate surface area is 178 Å². The van der Waals surface area contributed by atoms with Crippen LogP contribution in [0.25, 0.3) is 10.8 Å². The second kappa shape index (κ2) is 7.57. The summed E-state index contributed by atoms with van der Waals surface area (Å²) in [4.78, 5) is 25.8. The maximum Gasteiger partial charge on any atom is 0.273 e. The first-order valence-electron chi connectivity index (χ1n) is 9.90. The van der Waals surface area contributed by atoms with Crippen LogP contribution in [0.3, 0.4) is 0 Å². The lowest BCUT2D eigenvalue weighted by molar-refractivity contribution is -0.384. The fourth-order valence-electron chi connectivity index (χ4n) is 3.96. The number of benzene rings is 4. The lowest BCUT2D eigenvalue weighted by Gasteiger charge is -2.35. The average molecular weight is 410 g/mol. The third-order valence-electron chi connectivity index (χ3n) is 5.48. The first kappa shape index (κ1) is 18.8. The summed E-state index contributed by atoms with van der Waals surface area (Å²) in [5, 5.41) is 13.0. The maximum atomic E-state index is 13.6. The normalized spacial score (nSPS) is 15.4. The van der Waals surface area contributed by atoms with Crippen molar-refractivity contribution in [3.8, 4) is 5.75 Å². The molecule has 1 aliphatic heterocycles. The fourth-order valence-corrected chi connectivity index (χ4v) is 3.96. The Hall–Kier alpha value is -4.19. The molecule has 1 atom stereocenters. The van der Waals surface area contributed by atoms with Gasteiger partial charge in [-0.25, -0.2) is 0 Å². The van der Waals surface area contributed by atoms with Crippen molar-refractivity contribution < 1.29 is 14.5 Å². The highest BCUT2D eigenvalue weighted by Crippen LogP contribution is 2.41. The molecule has 1 heterocycles. The molecule has 152 valence electrons. The summed E-state index contributed by atoms with van der Waals surface area (Å²) < 4.78 is 6.18. The molecule has 0 aromatic heterocycles. The Balaban J connectivity index is 1.56. The zero-order valence-electron chi connectivity index (χ0n) is 16.5. The molecule has 1 unspecified atom stereocenters. The first-order chi connectivity index (χ1) is 15.1. The molecule has 1 amide bonds. The molecule has 0 radical (unpaired) electrons. The van der Waals surface area contributed by atoms with Gasteiger partial charge >= 0.3 is 0 Å². The van der Waals surface area contributed by atoms with Crippen LogP contribution in [0.5, 0.6) is 5.75 Å². The zero-order chi connectivity index (χ0) is 21.4. The minimum atomic E-state index is -0.779. The van der Waals surface area contributed by atoms with Gasteiger partial charge in [0.05, 0.1) is 17.2 Å². The predicted octanol–water partition coefficient (Wildman–Crippen LogP) is 5.41. The van der Waals surface area contributed by atoms with Crippen LogP contribution in [0, 0.1) is 10.1 Å². The number of hydrogen-bond donors (Lipinski definition) is 0.